The Bertz CT molecular complexity index is 1380. The first-order valence-corrected chi connectivity index (χ1v) is 13.8. The average molecular weight is 563 g/mol. The summed E-state index contributed by atoms with van der Waals surface area (Å²) in [6.45, 7) is 0.0725. The molecule has 0 bridgehead atoms. The Kier molecular flexibility index (Phi) is 8.49. The van der Waals surface area contributed by atoms with Crippen LogP contribution in [-0.2, 0) is 27.5 Å². The molecular weight excluding hydrogens is 532 g/mol. The minimum atomic E-state index is -0.910. The molecule has 3 aromatic rings. The third kappa shape index (κ3) is 5.89. The lowest BCUT2D eigenvalue weighted by molar-refractivity contribution is -0.139. The lowest BCUT2D eigenvalue weighted by Gasteiger charge is -2.48. The first-order valence-electron chi connectivity index (χ1n) is 13.4. The number of carbonyl (C=O) groups is 3. The molecule has 1 fully saturated rings. The molecule has 0 saturated heterocycles. The Balaban J connectivity index is 1.45. The second kappa shape index (κ2) is 12.2. The predicted octanol–water partition coefficient (Wildman–Crippen LogP) is 4.80. The minimum Gasteiger partial charge on any atom is -0.481 e. The lowest BCUT2D eigenvalue weighted by Crippen LogP contribution is -2.55. The summed E-state index contributed by atoms with van der Waals surface area (Å²) in [6.07, 6.45) is 2.23. The van der Waals surface area contributed by atoms with Gasteiger partial charge in [-0.15, -0.1) is 0 Å². The van der Waals surface area contributed by atoms with Crippen LogP contribution in [0, 0.1) is 0 Å². The van der Waals surface area contributed by atoms with Crippen molar-refractivity contribution < 1.29 is 29.4 Å². The number of carboxylic acids is 1. The molecule has 1 aliphatic carbocycles. The summed E-state index contributed by atoms with van der Waals surface area (Å²) in [4.78, 5) is 46.1. The van der Waals surface area contributed by atoms with Crippen LogP contribution in [0.2, 0.25) is 5.02 Å². The zero-order chi connectivity index (χ0) is 28.2. The number of hydrogen-bond acceptors (Lipinski definition) is 5. The van der Waals surface area contributed by atoms with E-state index in [-0.39, 0.29) is 18.9 Å². The zero-order valence-electron chi connectivity index (χ0n) is 21.8. The molecule has 1 heterocycles. The van der Waals surface area contributed by atoms with E-state index in [9.17, 15) is 19.5 Å². The van der Waals surface area contributed by atoms with Crippen LogP contribution in [0.15, 0.2) is 72.8 Å². The Labute approximate surface area is 237 Å². The van der Waals surface area contributed by atoms with Crippen LogP contribution in [0.1, 0.15) is 70.3 Å². The van der Waals surface area contributed by atoms with Gasteiger partial charge in [0.2, 0.25) is 0 Å². The predicted molar refractivity (Wildman–Crippen MR) is 149 cm³/mol. The van der Waals surface area contributed by atoms with Crippen molar-refractivity contribution in [3.8, 4) is 0 Å². The zero-order valence-corrected chi connectivity index (χ0v) is 22.6. The smallest absolute Gasteiger partial charge is 0.307 e. The topological polar surface area (TPSA) is 116 Å². The highest BCUT2D eigenvalue weighted by molar-refractivity contribution is 6.30. The summed E-state index contributed by atoms with van der Waals surface area (Å²) in [7, 11) is 0. The van der Waals surface area contributed by atoms with E-state index in [0.29, 0.717) is 34.6 Å². The van der Waals surface area contributed by atoms with E-state index in [1.165, 1.54) is 0 Å². The molecule has 2 amide bonds. The van der Waals surface area contributed by atoms with Crippen molar-refractivity contribution in [2.75, 3.05) is 0 Å². The van der Waals surface area contributed by atoms with E-state index in [4.69, 9.17) is 21.5 Å². The van der Waals surface area contributed by atoms with Crippen LogP contribution in [0.25, 0.3) is 0 Å². The van der Waals surface area contributed by atoms with Gasteiger partial charge in [-0.2, -0.15) is 0 Å². The van der Waals surface area contributed by atoms with E-state index in [1.807, 2.05) is 12.1 Å². The van der Waals surface area contributed by atoms with Crippen LogP contribution in [0.4, 0.5) is 0 Å². The van der Waals surface area contributed by atoms with Crippen molar-refractivity contribution in [3.05, 3.63) is 106 Å². The first kappa shape index (κ1) is 27.8. The number of carboxylic acid groups (broad SMARTS) is 1. The van der Waals surface area contributed by atoms with Crippen LogP contribution in [0.5, 0.6) is 0 Å². The van der Waals surface area contributed by atoms with E-state index < -0.39 is 36.0 Å². The standard InChI is InChI=1S/C31H31ClN2O6/c32-22-15-13-21(14-16-22)29-28(30(38)33-40-18-20-11-9-19(10-12-20)17-27(36)37)23-5-1-2-6-24(23)31(39)34(29)25-7-3-4-8-26(25)35/h1-2,5-6,9-16,25-26,28-29,35H,3-4,7-8,17-18H2,(H,33,38)(H,36,37)/t25-,26-,28+,29-/m0/s1. The summed E-state index contributed by atoms with van der Waals surface area (Å²) in [6, 6.07) is 20.0. The number of aliphatic hydroxyl groups is 1. The molecule has 5 rings (SSSR count). The van der Waals surface area contributed by atoms with Crippen molar-refractivity contribution in [2.45, 2.75) is 62.8 Å². The molecule has 3 N–H and O–H groups in total. The molecule has 9 heteroatoms. The third-order valence-corrected chi connectivity index (χ3v) is 7.96. The van der Waals surface area contributed by atoms with Gasteiger partial charge < -0.3 is 15.1 Å². The normalized spacial score (nSPS) is 22.4. The maximum absolute atomic E-state index is 14.0. The number of benzene rings is 3. The largest absolute Gasteiger partial charge is 0.481 e. The number of halogens is 1. The first-order chi connectivity index (χ1) is 19.3. The summed E-state index contributed by atoms with van der Waals surface area (Å²) in [5.74, 6) is -2.35. The minimum absolute atomic E-state index is 0.0725. The van der Waals surface area contributed by atoms with Gasteiger partial charge in [0.1, 0.15) is 0 Å². The summed E-state index contributed by atoms with van der Waals surface area (Å²) in [5, 5.41) is 20.5. The molecular formula is C31H31ClN2O6. The van der Waals surface area contributed by atoms with Crippen LogP contribution < -0.4 is 5.48 Å². The summed E-state index contributed by atoms with van der Waals surface area (Å²) >= 11 is 6.18. The Morgan fingerprint density at radius 3 is 2.33 bits per heavy atom. The average Bonchev–Trinajstić information content (AvgIpc) is 2.94. The Morgan fingerprint density at radius 2 is 1.62 bits per heavy atom. The third-order valence-electron chi connectivity index (χ3n) is 7.71. The van der Waals surface area contributed by atoms with Gasteiger partial charge in [0.05, 0.1) is 37.1 Å². The lowest BCUT2D eigenvalue weighted by atomic mass is 9.77. The Morgan fingerprint density at radius 1 is 0.950 bits per heavy atom. The SMILES string of the molecule is O=C(O)Cc1ccc(CONC(=O)[C@@H]2c3ccccc3C(=O)N([C@H]3CCCC[C@@H]3O)[C@H]2c2ccc(Cl)cc2)cc1. The van der Waals surface area contributed by atoms with Crippen molar-refractivity contribution in [1.29, 1.82) is 0 Å². The van der Waals surface area contributed by atoms with Crippen molar-refractivity contribution >= 4 is 29.4 Å². The second-order valence-electron chi connectivity index (χ2n) is 10.3. The molecule has 0 aromatic heterocycles. The van der Waals surface area contributed by atoms with Gasteiger partial charge in [0, 0.05) is 10.6 Å². The molecule has 40 heavy (non-hydrogen) atoms. The molecule has 4 atom stereocenters. The van der Waals surface area contributed by atoms with Gasteiger partial charge in [-0.05, 0) is 53.3 Å². The number of amides is 2. The van der Waals surface area contributed by atoms with Gasteiger partial charge in [0.25, 0.3) is 11.8 Å². The number of rotatable bonds is 8. The Hall–Kier alpha value is -3.72. The van der Waals surface area contributed by atoms with Gasteiger partial charge in [0.15, 0.2) is 0 Å². The molecule has 0 unspecified atom stereocenters. The van der Waals surface area contributed by atoms with Crippen molar-refractivity contribution in [2.24, 2.45) is 0 Å². The van der Waals surface area contributed by atoms with Crippen LogP contribution >= 0.6 is 11.6 Å². The van der Waals surface area contributed by atoms with E-state index in [1.54, 1.807) is 65.6 Å². The monoisotopic (exact) mass is 562 g/mol. The van der Waals surface area contributed by atoms with Gasteiger partial charge in [-0.1, -0.05) is 79.0 Å². The molecule has 1 saturated carbocycles. The fraction of sp³-hybridized carbons (Fsp3) is 0.323. The molecule has 8 nitrogen and oxygen atoms in total. The maximum atomic E-state index is 14.0. The molecule has 1 aliphatic heterocycles. The van der Waals surface area contributed by atoms with Gasteiger partial charge in [-0.25, -0.2) is 5.48 Å². The number of aliphatic carboxylic acids is 1. The quantitative estimate of drug-likeness (QED) is 0.340. The number of carbonyl (C=O) groups excluding carboxylic acids is 2. The molecule has 3 aromatic carbocycles. The highest BCUT2D eigenvalue weighted by Gasteiger charge is 2.48. The van der Waals surface area contributed by atoms with E-state index in [0.717, 1.165) is 24.0 Å². The van der Waals surface area contributed by atoms with Gasteiger partial charge in [-0.3, -0.25) is 19.2 Å². The summed E-state index contributed by atoms with van der Waals surface area (Å²) < 4.78 is 0. The number of hydrogen-bond donors (Lipinski definition) is 3. The fourth-order valence-corrected chi connectivity index (χ4v) is 5.94. The van der Waals surface area contributed by atoms with Gasteiger partial charge >= 0.3 is 5.97 Å². The maximum Gasteiger partial charge on any atom is 0.307 e. The molecule has 2 aliphatic rings. The van der Waals surface area contributed by atoms with Crippen LogP contribution in [0.3, 0.4) is 0 Å². The number of fused-ring (bicyclic) bond motifs is 1. The van der Waals surface area contributed by atoms with Crippen molar-refractivity contribution in [1.82, 2.24) is 10.4 Å². The number of aliphatic hydroxyl groups excluding tert-OH is 1. The molecule has 0 radical (unpaired) electrons. The number of nitrogens with one attached hydrogen (secondary N) is 1. The van der Waals surface area contributed by atoms with E-state index in [2.05, 4.69) is 5.48 Å². The van der Waals surface area contributed by atoms with E-state index >= 15 is 0 Å². The number of nitrogens with zero attached hydrogens (tertiary/aromatic N) is 1. The summed E-state index contributed by atoms with van der Waals surface area (Å²) in [5.41, 5.74) is 5.77. The molecule has 0 spiro atoms. The van der Waals surface area contributed by atoms with Crippen molar-refractivity contribution in [3.63, 3.8) is 0 Å². The fourth-order valence-electron chi connectivity index (χ4n) is 5.81. The highest BCUT2D eigenvalue weighted by atomic mass is 35.5. The number of hydroxylamine groups is 1. The van der Waals surface area contributed by atoms with Crippen LogP contribution in [-0.4, -0.2) is 45.0 Å². The highest BCUT2D eigenvalue weighted by Crippen LogP contribution is 2.46. The molecule has 208 valence electrons. The second-order valence-corrected chi connectivity index (χ2v) is 10.8.